The first-order valence-corrected chi connectivity index (χ1v) is 10.8. The third-order valence-electron chi connectivity index (χ3n) is 5.03. The first-order valence-electron chi connectivity index (χ1n) is 9.32. The molecule has 1 aliphatic rings. The molecule has 6 heteroatoms. The molecule has 2 aromatic rings. The molecule has 3 rings (SSSR count). The first kappa shape index (κ1) is 19.6. The highest BCUT2D eigenvalue weighted by Gasteiger charge is 2.25. The molecule has 0 bridgehead atoms. The van der Waals surface area contributed by atoms with Gasteiger partial charge in [-0.3, -0.25) is 4.79 Å². The monoisotopic (exact) mass is 386 g/mol. The van der Waals surface area contributed by atoms with Gasteiger partial charge in [-0.05, 0) is 67.6 Å². The van der Waals surface area contributed by atoms with Gasteiger partial charge in [0, 0.05) is 18.8 Å². The molecule has 0 radical (unpaired) electrons. The van der Waals surface area contributed by atoms with E-state index < -0.39 is 10.0 Å². The Morgan fingerprint density at radius 3 is 2.26 bits per heavy atom. The Hall–Kier alpha value is -2.18. The fourth-order valence-electron chi connectivity index (χ4n) is 3.24. The molecule has 0 saturated carbocycles. The third kappa shape index (κ3) is 4.76. The summed E-state index contributed by atoms with van der Waals surface area (Å²) in [5.74, 6) is -0.120. The Kier molecular flexibility index (Phi) is 5.97. The fraction of sp³-hybridized carbons (Fsp3) is 0.381. The van der Waals surface area contributed by atoms with Gasteiger partial charge < -0.3 is 5.32 Å². The molecular weight excluding hydrogens is 360 g/mol. The zero-order valence-corrected chi connectivity index (χ0v) is 16.7. The van der Waals surface area contributed by atoms with Crippen LogP contribution in [-0.4, -0.2) is 31.7 Å². The van der Waals surface area contributed by atoms with E-state index in [9.17, 15) is 13.2 Å². The standard InChI is InChI=1S/C21H26N2O3S/c1-16-6-9-19(14-17(16)2)22-21(24)15-18-7-10-20(11-8-18)27(25,26)23-12-4-3-5-13-23/h6-11,14H,3-5,12-13,15H2,1-2H3,(H,22,24). The molecule has 0 aromatic heterocycles. The lowest BCUT2D eigenvalue weighted by atomic mass is 10.1. The van der Waals surface area contributed by atoms with Gasteiger partial charge in [0.1, 0.15) is 0 Å². The molecule has 1 amide bonds. The molecule has 1 aliphatic heterocycles. The average molecular weight is 387 g/mol. The highest BCUT2D eigenvalue weighted by atomic mass is 32.2. The number of sulfonamides is 1. The van der Waals surface area contributed by atoms with Crippen molar-refractivity contribution in [3.63, 3.8) is 0 Å². The van der Waals surface area contributed by atoms with Gasteiger partial charge in [0.2, 0.25) is 15.9 Å². The van der Waals surface area contributed by atoms with Crippen LogP contribution in [0, 0.1) is 13.8 Å². The summed E-state index contributed by atoms with van der Waals surface area (Å²) in [5.41, 5.74) is 3.86. The number of piperidine rings is 1. The molecule has 1 N–H and O–H groups in total. The van der Waals surface area contributed by atoms with E-state index in [1.807, 2.05) is 32.0 Å². The van der Waals surface area contributed by atoms with Crippen LogP contribution in [0.3, 0.4) is 0 Å². The Morgan fingerprint density at radius 1 is 0.963 bits per heavy atom. The molecule has 1 heterocycles. The lowest BCUT2D eigenvalue weighted by Gasteiger charge is -2.25. The van der Waals surface area contributed by atoms with Crippen LogP contribution in [0.2, 0.25) is 0 Å². The molecule has 1 saturated heterocycles. The zero-order chi connectivity index (χ0) is 19.4. The van der Waals surface area contributed by atoms with Crippen LogP contribution in [0.1, 0.15) is 36.0 Å². The molecule has 0 atom stereocenters. The Balaban J connectivity index is 1.64. The maximum Gasteiger partial charge on any atom is 0.243 e. The molecule has 1 fully saturated rings. The molecule has 0 unspecified atom stereocenters. The molecule has 27 heavy (non-hydrogen) atoms. The summed E-state index contributed by atoms with van der Waals surface area (Å²) in [5, 5.41) is 2.89. The van der Waals surface area contributed by atoms with Crippen molar-refractivity contribution in [2.24, 2.45) is 0 Å². The van der Waals surface area contributed by atoms with Gasteiger partial charge in [0.25, 0.3) is 0 Å². The van der Waals surface area contributed by atoms with Crippen LogP contribution in [0.5, 0.6) is 0 Å². The van der Waals surface area contributed by atoms with Crippen LogP contribution < -0.4 is 5.32 Å². The minimum absolute atomic E-state index is 0.120. The van der Waals surface area contributed by atoms with Gasteiger partial charge in [-0.15, -0.1) is 0 Å². The number of hydrogen-bond donors (Lipinski definition) is 1. The van der Waals surface area contributed by atoms with Crippen molar-refractivity contribution in [2.45, 2.75) is 44.4 Å². The number of nitrogens with zero attached hydrogens (tertiary/aromatic N) is 1. The maximum atomic E-state index is 12.7. The van der Waals surface area contributed by atoms with Crippen molar-refractivity contribution in [3.8, 4) is 0 Å². The quantitative estimate of drug-likeness (QED) is 0.853. The summed E-state index contributed by atoms with van der Waals surface area (Å²) < 4.78 is 26.9. The topological polar surface area (TPSA) is 66.5 Å². The average Bonchev–Trinajstić information content (AvgIpc) is 2.66. The minimum atomic E-state index is -3.43. The summed E-state index contributed by atoms with van der Waals surface area (Å²) in [7, 11) is -3.43. The Bertz CT molecular complexity index is 915. The SMILES string of the molecule is Cc1ccc(NC(=O)Cc2ccc(S(=O)(=O)N3CCCCC3)cc2)cc1C. The van der Waals surface area contributed by atoms with Gasteiger partial charge in [0.15, 0.2) is 0 Å². The van der Waals surface area contributed by atoms with Crippen molar-refractivity contribution in [1.82, 2.24) is 4.31 Å². The van der Waals surface area contributed by atoms with Gasteiger partial charge in [0.05, 0.1) is 11.3 Å². The van der Waals surface area contributed by atoms with E-state index in [1.54, 1.807) is 28.6 Å². The number of amides is 1. The van der Waals surface area contributed by atoms with E-state index in [4.69, 9.17) is 0 Å². The van der Waals surface area contributed by atoms with Crippen LogP contribution >= 0.6 is 0 Å². The number of nitrogens with one attached hydrogen (secondary N) is 1. The smallest absolute Gasteiger partial charge is 0.243 e. The molecule has 144 valence electrons. The van der Waals surface area contributed by atoms with Crippen LogP contribution in [0.4, 0.5) is 5.69 Å². The number of hydrogen-bond acceptors (Lipinski definition) is 3. The summed E-state index contributed by atoms with van der Waals surface area (Å²) in [4.78, 5) is 12.6. The van der Waals surface area contributed by atoms with E-state index in [0.29, 0.717) is 18.0 Å². The van der Waals surface area contributed by atoms with Crippen LogP contribution in [0.25, 0.3) is 0 Å². The number of anilines is 1. The van der Waals surface area contributed by atoms with Gasteiger partial charge in [-0.25, -0.2) is 8.42 Å². The summed E-state index contributed by atoms with van der Waals surface area (Å²) in [6.45, 7) is 5.21. The maximum absolute atomic E-state index is 12.7. The number of carbonyl (C=O) groups is 1. The minimum Gasteiger partial charge on any atom is -0.326 e. The third-order valence-corrected chi connectivity index (χ3v) is 6.94. The predicted octanol–water partition coefficient (Wildman–Crippen LogP) is 3.66. The predicted molar refractivity (Wildman–Crippen MR) is 107 cm³/mol. The van der Waals surface area contributed by atoms with Crippen LogP contribution in [-0.2, 0) is 21.2 Å². The number of carbonyl (C=O) groups excluding carboxylic acids is 1. The highest BCUT2D eigenvalue weighted by Crippen LogP contribution is 2.21. The number of rotatable bonds is 5. The van der Waals surface area contributed by atoms with Crippen molar-refractivity contribution in [3.05, 3.63) is 59.2 Å². The second-order valence-corrected chi connectivity index (χ2v) is 9.07. The second-order valence-electron chi connectivity index (χ2n) is 7.13. The lowest BCUT2D eigenvalue weighted by molar-refractivity contribution is -0.115. The number of benzene rings is 2. The molecule has 2 aromatic carbocycles. The van der Waals surface area contributed by atoms with Crippen molar-refractivity contribution >= 4 is 21.6 Å². The van der Waals surface area contributed by atoms with E-state index in [-0.39, 0.29) is 12.3 Å². The molecule has 0 spiro atoms. The summed E-state index contributed by atoms with van der Waals surface area (Å²) in [6, 6.07) is 12.4. The highest BCUT2D eigenvalue weighted by molar-refractivity contribution is 7.89. The van der Waals surface area contributed by atoms with E-state index in [1.165, 1.54) is 5.56 Å². The Morgan fingerprint density at radius 2 is 1.63 bits per heavy atom. The van der Waals surface area contributed by atoms with Gasteiger partial charge in [-0.1, -0.05) is 24.6 Å². The summed E-state index contributed by atoms with van der Waals surface area (Å²) >= 11 is 0. The van der Waals surface area contributed by atoms with Crippen molar-refractivity contribution in [2.75, 3.05) is 18.4 Å². The zero-order valence-electron chi connectivity index (χ0n) is 15.9. The fourth-order valence-corrected chi connectivity index (χ4v) is 4.76. The first-order chi connectivity index (χ1) is 12.9. The molecule has 5 nitrogen and oxygen atoms in total. The second kappa shape index (κ2) is 8.23. The Labute approximate surface area is 161 Å². The van der Waals surface area contributed by atoms with Gasteiger partial charge in [-0.2, -0.15) is 4.31 Å². The largest absolute Gasteiger partial charge is 0.326 e. The molecule has 0 aliphatic carbocycles. The van der Waals surface area contributed by atoms with Crippen molar-refractivity contribution < 1.29 is 13.2 Å². The van der Waals surface area contributed by atoms with Gasteiger partial charge >= 0.3 is 0 Å². The number of aryl methyl sites for hydroxylation is 2. The van der Waals surface area contributed by atoms with E-state index >= 15 is 0 Å². The van der Waals surface area contributed by atoms with E-state index in [2.05, 4.69) is 5.32 Å². The lowest BCUT2D eigenvalue weighted by Crippen LogP contribution is -2.35. The van der Waals surface area contributed by atoms with Crippen molar-refractivity contribution in [1.29, 1.82) is 0 Å². The normalized spacial score (nSPS) is 15.5. The summed E-state index contributed by atoms with van der Waals surface area (Å²) in [6.07, 6.45) is 3.11. The van der Waals surface area contributed by atoms with E-state index in [0.717, 1.165) is 36.1 Å². The molecular formula is C21H26N2O3S. The van der Waals surface area contributed by atoms with Crippen LogP contribution in [0.15, 0.2) is 47.4 Å².